The van der Waals surface area contributed by atoms with Gasteiger partial charge < -0.3 is 16.2 Å². The first-order valence-corrected chi connectivity index (χ1v) is 9.11. The van der Waals surface area contributed by atoms with Crippen molar-refractivity contribution >= 4 is 21.6 Å². The summed E-state index contributed by atoms with van der Waals surface area (Å²) in [6, 6.07) is 3.10. The van der Waals surface area contributed by atoms with Crippen LogP contribution >= 0.6 is 0 Å². The van der Waals surface area contributed by atoms with Gasteiger partial charge in [-0.05, 0) is 24.6 Å². The zero-order valence-corrected chi connectivity index (χ0v) is 14.6. The summed E-state index contributed by atoms with van der Waals surface area (Å²) in [6.07, 6.45) is 1.25. The van der Waals surface area contributed by atoms with Crippen molar-refractivity contribution in [3.63, 3.8) is 0 Å². The van der Waals surface area contributed by atoms with Gasteiger partial charge in [-0.2, -0.15) is 4.31 Å². The SMILES string of the molecule is CCCC(N)C(=O)Nc1cc(S(=O)(=O)N(CC)CC)ccc1O. The predicted octanol–water partition coefficient (Wildman–Crippen LogP) is 1.49. The third-order valence-corrected chi connectivity index (χ3v) is 5.55. The van der Waals surface area contributed by atoms with E-state index in [2.05, 4.69) is 5.32 Å². The molecule has 0 spiro atoms. The molecule has 1 atom stereocenters. The molecule has 0 fully saturated rings. The zero-order valence-electron chi connectivity index (χ0n) is 13.7. The number of hydrogen-bond acceptors (Lipinski definition) is 5. The van der Waals surface area contributed by atoms with Crippen LogP contribution in [0.25, 0.3) is 0 Å². The summed E-state index contributed by atoms with van der Waals surface area (Å²) < 4.78 is 26.3. The number of amides is 1. The van der Waals surface area contributed by atoms with E-state index in [1.807, 2.05) is 6.92 Å². The zero-order chi connectivity index (χ0) is 17.6. The molecule has 4 N–H and O–H groups in total. The fourth-order valence-corrected chi connectivity index (χ4v) is 3.64. The number of sulfonamides is 1. The number of nitrogens with zero attached hydrogens (tertiary/aromatic N) is 1. The number of phenolic OH excluding ortho intramolecular Hbond substituents is 1. The number of hydrogen-bond donors (Lipinski definition) is 3. The summed E-state index contributed by atoms with van der Waals surface area (Å²) in [5, 5.41) is 12.3. The van der Waals surface area contributed by atoms with E-state index in [0.29, 0.717) is 19.5 Å². The lowest BCUT2D eigenvalue weighted by Crippen LogP contribution is -2.35. The number of benzene rings is 1. The molecule has 0 aliphatic carbocycles. The maximum absolute atomic E-state index is 12.5. The maximum Gasteiger partial charge on any atom is 0.243 e. The highest BCUT2D eigenvalue weighted by molar-refractivity contribution is 7.89. The molecule has 130 valence electrons. The second-order valence-electron chi connectivity index (χ2n) is 5.15. The lowest BCUT2D eigenvalue weighted by Gasteiger charge is -2.19. The first kappa shape index (κ1) is 19.4. The third-order valence-electron chi connectivity index (χ3n) is 3.51. The van der Waals surface area contributed by atoms with Crippen LogP contribution in [0.5, 0.6) is 5.75 Å². The van der Waals surface area contributed by atoms with Crippen molar-refractivity contribution in [1.29, 1.82) is 0 Å². The third kappa shape index (κ3) is 4.66. The Bertz CT molecular complexity index is 642. The fourth-order valence-electron chi connectivity index (χ4n) is 2.16. The van der Waals surface area contributed by atoms with Crippen molar-refractivity contribution in [3.05, 3.63) is 18.2 Å². The first-order valence-electron chi connectivity index (χ1n) is 7.67. The molecule has 1 aromatic rings. The van der Waals surface area contributed by atoms with Gasteiger partial charge in [0.25, 0.3) is 0 Å². The average Bonchev–Trinajstić information content (AvgIpc) is 2.50. The van der Waals surface area contributed by atoms with Crippen LogP contribution < -0.4 is 11.1 Å². The molecule has 0 saturated heterocycles. The maximum atomic E-state index is 12.5. The largest absolute Gasteiger partial charge is 0.506 e. The molecule has 0 aliphatic rings. The number of aromatic hydroxyl groups is 1. The topological polar surface area (TPSA) is 113 Å². The molecule has 1 aromatic carbocycles. The van der Waals surface area contributed by atoms with Gasteiger partial charge in [0.1, 0.15) is 5.75 Å². The molecule has 0 aromatic heterocycles. The van der Waals surface area contributed by atoms with Crippen LogP contribution in [0, 0.1) is 0 Å². The van der Waals surface area contributed by atoms with Gasteiger partial charge in [0.15, 0.2) is 0 Å². The Morgan fingerprint density at radius 3 is 2.43 bits per heavy atom. The quantitative estimate of drug-likeness (QED) is 0.619. The van der Waals surface area contributed by atoms with E-state index >= 15 is 0 Å². The number of phenols is 1. The van der Waals surface area contributed by atoms with E-state index < -0.39 is 22.0 Å². The van der Waals surface area contributed by atoms with Crippen LogP contribution in [0.3, 0.4) is 0 Å². The normalized spacial score (nSPS) is 13.1. The van der Waals surface area contributed by atoms with Crippen LogP contribution in [0.1, 0.15) is 33.6 Å². The number of nitrogens with one attached hydrogen (secondary N) is 1. The van der Waals surface area contributed by atoms with Crippen LogP contribution in [0.15, 0.2) is 23.1 Å². The molecular weight excluding hydrogens is 318 g/mol. The molecule has 0 saturated carbocycles. The van der Waals surface area contributed by atoms with Gasteiger partial charge in [0, 0.05) is 13.1 Å². The van der Waals surface area contributed by atoms with Crippen molar-refractivity contribution in [2.24, 2.45) is 5.73 Å². The molecule has 1 unspecified atom stereocenters. The second-order valence-corrected chi connectivity index (χ2v) is 7.09. The predicted molar refractivity (Wildman–Crippen MR) is 89.7 cm³/mol. The van der Waals surface area contributed by atoms with Gasteiger partial charge >= 0.3 is 0 Å². The van der Waals surface area contributed by atoms with Crippen molar-refractivity contribution in [3.8, 4) is 5.75 Å². The van der Waals surface area contributed by atoms with Crippen LogP contribution in [0.4, 0.5) is 5.69 Å². The highest BCUT2D eigenvalue weighted by atomic mass is 32.2. The van der Waals surface area contributed by atoms with Gasteiger partial charge in [-0.25, -0.2) is 8.42 Å². The number of nitrogens with two attached hydrogens (primary N) is 1. The summed E-state index contributed by atoms with van der Waals surface area (Å²) in [5.74, 6) is -0.667. The lowest BCUT2D eigenvalue weighted by molar-refractivity contribution is -0.117. The Labute approximate surface area is 137 Å². The number of anilines is 1. The van der Waals surface area contributed by atoms with Crippen molar-refractivity contribution in [2.45, 2.75) is 44.6 Å². The molecule has 1 rings (SSSR count). The number of carbonyl (C=O) groups excluding carboxylic acids is 1. The molecule has 0 radical (unpaired) electrons. The summed E-state index contributed by atoms with van der Waals surface area (Å²) in [5.41, 5.74) is 5.76. The summed E-state index contributed by atoms with van der Waals surface area (Å²) in [6.45, 7) is 6.06. The number of rotatable bonds is 8. The van der Waals surface area contributed by atoms with Crippen molar-refractivity contribution < 1.29 is 18.3 Å². The summed E-state index contributed by atoms with van der Waals surface area (Å²) in [4.78, 5) is 12.0. The van der Waals surface area contributed by atoms with Gasteiger partial charge in [0.05, 0.1) is 16.6 Å². The molecule has 0 bridgehead atoms. The Hall–Kier alpha value is -1.64. The lowest BCUT2D eigenvalue weighted by atomic mass is 10.1. The van der Waals surface area contributed by atoms with Crippen molar-refractivity contribution in [1.82, 2.24) is 4.31 Å². The monoisotopic (exact) mass is 343 g/mol. The van der Waals surface area contributed by atoms with Crippen molar-refractivity contribution in [2.75, 3.05) is 18.4 Å². The van der Waals surface area contributed by atoms with E-state index in [1.54, 1.807) is 13.8 Å². The average molecular weight is 343 g/mol. The van der Waals surface area contributed by atoms with E-state index in [-0.39, 0.29) is 16.3 Å². The Morgan fingerprint density at radius 1 is 1.30 bits per heavy atom. The molecule has 23 heavy (non-hydrogen) atoms. The van der Waals surface area contributed by atoms with Gasteiger partial charge in [-0.15, -0.1) is 0 Å². The second kappa shape index (κ2) is 8.28. The highest BCUT2D eigenvalue weighted by Gasteiger charge is 2.23. The van der Waals surface area contributed by atoms with Gasteiger partial charge in [0.2, 0.25) is 15.9 Å². The fraction of sp³-hybridized carbons (Fsp3) is 0.533. The molecule has 7 nitrogen and oxygen atoms in total. The van der Waals surface area contributed by atoms with Gasteiger partial charge in [-0.1, -0.05) is 27.2 Å². The molecular formula is C15H25N3O4S. The van der Waals surface area contributed by atoms with Crippen LogP contribution in [-0.4, -0.2) is 42.9 Å². The minimum absolute atomic E-state index is 0.0124. The Balaban J connectivity index is 3.11. The van der Waals surface area contributed by atoms with E-state index in [9.17, 15) is 18.3 Å². The highest BCUT2D eigenvalue weighted by Crippen LogP contribution is 2.28. The standard InChI is InChI=1S/C15H25N3O4S/c1-4-7-12(16)15(20)17-13-10-11(8-9-14(13)19)23(21,22)18(5-2)6-3/h8-10,12,19H,4-7,16H2,1-3H3,(H,17,20). The molecule has 1 amide bonds. The Morgan fingerprint density at radius 2 is 1.91 bits per heavy atom. The summed E-state index contributed by atoms with van der Waals surface area (Å²) >= 11 is 0. The molecule has 0 aliphatic heterocycles. The van der Waals surface area contributed by atoms with E-state index in [4.69, 9.17) is 5.73 Å². The van der Waals surface area contributed by atoms with Gasteiger partial charge in [-0.3, -0.25) is 4.79 Å². The first-order chi connectivity index (χ1) is 10.8. The summed E-state index contributed by atoms with van der Waals surface area (Å²) in [7, 11) is -3.67. The number of carbonyl (C=O) groups is 1. The van der Waals surface area contributed by atoms with E-state index in [0.717, 1.165) is 6.42 Å². The smallest absolute Gasteiger partial charge is 0.243 e. The van der Waals surface area contributed by atoms with E-state index in [1.165, 1.54) is 22.5 Å². The molecule has 0 heterocycles. The van der Waals surface area contributed by atoms with Crippen LogP contribution in [0.2, 0.25) is 0 Å². The minimum Gasteiger partial charge on any atom is -0.506 e. The minimum atomic E-state index is -3.67. The van der Waals surface area contributed by atoms with Crippen LogP contribution in [-0.2, 0) is 14.8 Å². The Kier molecular flexibility index (Phi) is 6.99. The molecule has 8 heteroatoms.